The Morgan fingerprint density at radius 3 is 2.92 bits per heavy atom. The average molecular weight is 172 g/mol. The molecule has 0 amide bonds. The molecule has 0 radical (unpaired) electrons. The normalized spacial score (nSPS) is 19.3. The van der Waals surface area contributed by atoms with Crippen LogP contribution in [0.2, 0.25) is 0 Å². The summed E-state index contributed by atoms with van der Waals surface area (Å²) >= 11 is 0. The van der Waals surface area contributed by atoms with Crippen LogP contribution >= 0.6 is 0 Å². The summed E-state index contributed by atoms with van der Waals surface area (Å²) in [5.41, 5.74) is 7.00. The van der Waals surface area contributed by atoms with E-state index in [9.17, 15) is 0 Å². The summed E-state index contributed by atoms with van der Waals surface area (Å²) in [4.78, 5) is 0. The van der Waals surface area contributed by atoms with Crippen molar-refractivity contribution in [3.05, 3.63) is 35.5 Å². The quantitative estimate of drug-likeness (QED) is 0.641. The molecule has 2 N–H and O–H groups in total. The Kier molecular flexibility index (Phi) is 1.67. The number of benzene rings is 1. The fourth-order valence-corrected chi connectivity index (χ4v) is 1.26. The third kappa shape index (κ3) is 1.23. The minimum absolute atomic E-state index is 0.459. The van der Waals surface area contributed by atoms with Gasteiger partial charge in [-0.15, -0.1) is 0 Å². The molecule has 0 saturated heterocycles. The Labute approximate surface area is 76.0 Å². The molecule has 1 unspecified atom stereocenters. The first-order valence-corrected chi connectivity index (χ1v) is 3.93. The molecule has 0 spiro atoms. The highest BCUT2D eigenvalue weighted by molar-refractivity contribution is 5.63. The van der Waals surface area contributed by atoms with Crippen LogP contribution in [0.15, 0.2) is 30.0 Å². The lowest BCUT2D eigenvalue weighted by Crippen LogP contribution is -2.25. The number of nitrogens with two attached hydrogens (primary N) is 1. The van der Waals surface area contributed by atoms with E-state index in [-0.39, 0.29) is 0 Å². The van der Waals surface area contributed by atoms with E-state index < -0.39 is 6.10 Å². The maximum atomic E-state index is 8.69. The van der Waals surface area contributed by atoms with Gasteiger partial charge in [0.05, 0.1) is 5.70 Å². The molecule has 1 aromatic carbocycles. The maximum Gasteiger partial charge on any atom is 0.223 e. The van der Waals surface area contributed by atoms with Crippen molar-refractivity contribution < 1.29 is 4.74 Å². The third-order valence-corrected chi connectivity index (χ3v) is 1.91. The number of fused-ring (bicyclic) bond motifs is 1. The summed E-state index contributed by atoms with van der Waals surface area (Å²) in [6, 6.07) is 9.46. The molecule has 1 aliphatic rings. The molecule has 1 atom stereocenters. The number of para-hydroxylation sites is 1. The minimum Gasteiger partial charge on any atom is -0.469 e. The first-order valence-electron chi connectivity index (χ1n) is 3.93. The van der Waals surface area contributed by atoms with E-state index in [1.165, 1.54) is 0 Å². The zero-order chi connectivity index (χ0) is 9.26. The van der Waals surface area contributed by atoms with Crippen molar-refractivity contribution in [1.29, 1.82) is 5.26 Å². The van der Waals surface area contributed by atoms with Gasteiger partial charge in [0.25, 0.3) is 0 Å². The average Bonchev–Trinajstić information content (AvgIpc) is 2.17. The highest BCUT2D eigenvalue weighted by Gasteiger charge is 2.18. The molecule has 0 bridgehead atoms. The van der Waals surface area contributed by atoms with E-state index in [0.29, 0.717) is 11.4 Å². The van der Waals surface area contributed by atoms with Crippen LogP contribution in [0.25, 0.3) is 6.08 Å². The maximum absolute atomic E-state index is 8.69. The Morgan fingerprint density at radius 2 is 2.15 bits per heavy atom. The van der Waals surface area contributed by atoms with Crippen molar-refractivity contribution in [2.45, 2.75) is 6.10 Å². The van der Waals surface area contributed by atoms with Crippen molar-refractivity contribution in [3.63, 3.8) is 0 Å². The summed E-state index contributed by atoms with van der Waals surface area (Å²) in [6.07, 6.45) is 1.13. The standard InChI is InChI=1S/C10H8N2O/c11-6-10-8(12)5-7-3-1-2-4-9(7)13-10/h1-5,10H,12H2. The van der Waals surface area contributed by atoms with E-state index in [4.69, 9.17) is 15.7 Å². The van der Waals surface area contributed by atoms with Gasteiger partial charge in [-0.2, -0.15) is 5.26 Å². The number of nitrogens with zero attached hydrogens (tertiary/aromatic N) is 1. The molecular formula is C10H8N2O. The SMILES string of the molecule is N#CC1Oc2ccccc2C=C1N. The summed E-state index contributed by atoms with van der Waals surface area (Å²) in [6.45, 7) is 0. The molecular weight excluding hydrogens is 164 g/mol. The highest BCUT2D eigenvalue weighted by atomic mass is 16.5. The smallest absolute Gasteiger partial charge is 0.223 e. The van der Waals surface area contributed by atoms with Crippen LogP contribution in [-0.2, 0) is 0 Å². The topological polar surface area (TPSA) is 59.0 Å². The Balaban J connectivity index is 2.48. The van der Waals surface area contributed by atoms with E-state index in [1.807, 2.05) is 30.3 Å². The number of hydrogen-bond acceptors (Lipinski definition) is 3. The van der Waals surface area contributed by atoms with Gasteiger partial charge in [-0.25, -0.2) is 0 Å². The lowest BCUT2D eigenvalue weighted by atomic mass is 10.1. The van der Waals surface area contributed by atoms with E-state index in [0.717, 1.165) is 5.56 Å². The summed E-state index contributed by atoms with van der Waals surface area (Å²) < 4.78 is 5.34. The number of rotatable bonds is 0. The molecule has 64 valence electrons. The fraction of sp³-hybridized carbons (Fsp3) is 0.100. The van der Waals surface area contributed by atoms with Gasteiger partial charge >= 0.3 is 0 Å². The molecule has 0 aliphatic carbocycles. The van der Waals surface area contributed by atoms with Crippen molar-refractivity contribution in [2.75, 3.05) is 0 Å². The molecule has 0 fully saturated rings. The molecule has 1 aliphatic heterocycles. The van der Waals surface area contributed by atoms with Crippen LogP contribution in [0.1, 0.15) is 5.56 Å². The summed E-state index contributed by atoms with van der Waals surface area (Å²) in [5.74, 6) is 0.711. The van der Waals surface area contributed by atoms with Crippen LogP contribution in [0.5, 0.6) is 5.75 Å². The monoisotopic (exact) mass is 172 g/mol. The molecule has 0 saturated carbocycles. The van der Waals surface area contributed by atoms with Gasteiger partial charge in [0.1, 0.15) is 11.8 Å². The van der Waals surface area contributed by atoms with Crippen LogP contribution in [-0.4, -0.2) is 6.10 Å². The van der Waals surface area contributed by atoms with E-state index >= 15 is 0 Å². The van der Waals surface area contributed by atoms with Gasteiger partial charge < -0.3 is 10.5 Å². The zero-order valence-corrected chi connectivity index (χ0v) is 6.90. The second-order valence-electron chi connectivity index (χ2n) is 2.81. The van der Waals surface area contributed by atoms with Crippen LogP contribution in [0.4, 0.5) is 0 Å². The van der Waals surface area contributed by atoms with Gasteiger partial charge in [-0.05, 0) is 12.1 Å². The first-order chi connectivity index (χ1) is 6.31. The van der Waals surface area contributed by atoms with Crippen LogP contribution in [0, 0.1) is 11.3 Å². The summed E-state index contributed by atoms with van der Waals surface area (Å²) in [7, 11) is 0. The van der Waals surface area contributed by atoms with Gasteiger partial charge in [0, 0.05) is 5.56 Å². The van der Waals surface area contributed by atoms with E-state index in [2.05, 4.69) is 0 Å². The minimum atomic E-state index is -0.644. The highest BCUT2D eigenvalue weighted by Crippen LogP contribution is 2.26. The molecule has 13 heavy (non-hydrogen) atoms. The number of hydrogen-bond donors (Lipinski definition) is 1. The molecule has 0 aromatic heterocycles. The van der Waals surface area contributed by atoms with Crippen molar-refractivity contribution in [1.82, 2.24) is 0 Å². The molecule has 3 nitrogen and oxygen atoms in total. The Bertz CT molecular complexity index is 404. The predicted molar refractivity (Wildman–Crippen MR) is 48.6 cm³/mol. The van der Waals surface area contributed by atoms with Gasteiger partial charge in [0.2, 0.25) is 6.10 Å². The number of nitriles is 1. The molecule has 1 aromatic rings. The predicted octanol–water partition coefficient (Wildman–Crippen LogP) is 1.27. The molecule has 2 rings (SSSR count). The number of ether oxygens (including phenoxy) is 1. The van der Waals surface area contributed by atoms with Crippen molar-refractivity contribution in [3.8, 4) is 11.8 Å². The van der Waals surface area contributed by atoms with Gasteiger partial charge in [-0.1, -0.05) is 18.2 Å². The first kappa shape index (κ1) is 7.69. The zero-order valence-electron chi connectivity index (χ0n) is 6.90. The second kappa shape index (κ2) is 2.83. The van der Waals surface area contributed by atoms with Crippen LogP contribution in [0.3, 0.4) is 0 Å². The Morgan fingerprint density at radius 1 is 1.38 bits per heavy atom. The summed E-state index contributed by atoms with van der Waals surface area (Å²) in [5, 5.41) is 8.69. The van der Waals surface area contributed by atoms with Gasteiger partial charge in [-0.3, -0.25) is 0 Å². The van der Waals surface area contributed by atoms with E-state index in [1.54, 1.807) is 6.08 Å². The molecule has 3 heteroatoms. The second-order valence-corrected chi connectivity index (χ2v) is 2.81. The van der Waals surface area contributed by atoms with Crippen molar-refractivity contribution in [2.24, 2.45) is 5.73 Å². The third-order valence-electron chi connectivity index (χ3n) is 1.91. The van der Waals surface area contributed by atoms with Crippen molar-refractivity contribution >= 4 is 6.08 Å². The Hall–Kier alpha value is -1.95. The lowest BCUT2D eigenvalue weighted by molar-refractivity contribution is 0.284. The molecule has 1 heterocycles. The van der Waals surface area contributed by atoms with Gasteiger partial charge in [0.15, 0.2) is 0 Å². The lowest BCUT2D eigenvalue weighted by Gasteiger charge is -2.19. The van der Waals surface area contributed by atoms with Crippen LogP contribution < -0.4 is 10.5 Å². The fourth-order valence-electron chi connectivity index (χ4n) is 1.26. The largest absolute Gasteiger partial charge is 0.469 e.